The number of aromatic nitrogens is 1. The summed E-state index contributed by atoms with van der Waals surface area (Å²) in [5.74, 6) is -1.01. The van der Waals surface area contributed by atoms with Gasteiger partial charge in [-0.2, -0.15) is 0 Å². The van der Waals surface area contributed by atoms with Gasteiger partial charge in [-0.15, -0.1) is 11.3 Å². The molecule has 4 atom stereocenters. The van der Waals surface area contributed by atoms with Crippen LogP contribution < -0.4 is 10.6 Å². The first-order valence-electron chi connectivity index (χ1n) is 11.4. The summed E-state index contributed by atoms with van der Waals surface area (Å²) < 4.78 is 0. The quantitative estimate of drug-likeness (QED) is 0.581. The molecule has 1 aromatic carbocycles. The number of amides is 3. The van der Waals surface area contributed by atoms with Gasteiger partial charge in [-0.1, -0.05) is 45.0 Å². The minimum Gasteiger partial charge on any atom is -0.391 e. The largest absolute Gasteiger partial charge is 0.391 e. The van der Waals surface area contributed by atoms with Crippen LogP contribution in [0.5, 0.6) is 0 Å². The average molecular weight is 487 g/mol. The molecule has 1 aliphatic rings. The molecule has 2 heterocycles. The van der Waals surface area contributed by atoms with E-state index in [2.05, 4.69) is 15.6 Å². The lowest BCUT2D eigenvalue weighted by atomic mass is 9.85. The molecule has 1 unspecified atom stereocenters. The van der Waals surface area contributed by atoms with Crippen LogP contribution in [0.15, 0.2) is 29.8 Å². The van der Waals surface area contributed by atoms with Crippen molar-refractivity contribution in [3.8, 4) is 10.4 Å². The number of benzene rings is 1. The first kappa shape index (κ1) is 25.8. The van der Waals surface area contributed by atoms with Crippen molar-refractivity contribution in [1.82, 2.24) is 20.5 Å². The maximum absolute atomic E-state index is 13.3. The van der Waals surface area contributed by atoms with E-state index in [0.29, 0.717) is 0 Å². The van der Waals surface area contributed by atoms with Crippen molar-refractivity contribution in [1.29, 1.82) is 0 Å². The smallest absolute Gasteiger partial charge is 0.246 e. The third-order valence-corrected chi connectivity index (χ3v) is 7.08. The second-order valence-corrected chi connectivity index (χ2v) is 10.9. The van der Waals surface area contributed by atoms with Crippen LogP contribution in [0.25, 0.3) is 10.4 Å². The topological polar surface area (TPSA) is 112 Å². The molecule has 0 aliphatic carbocycles. The molecule has 2 aromatic rings. The molecule has 0 saturated carbocycles. The summed E-state index contributed by atoms with van der Waals surface area (Å²) in [6.45, 7) is 10.8. The number of aliphatic hydroxyl groups is 1. The fraction of sp³-hybridized carbons (Fsp3) is 0.520. The number of hydrogen-bond acceptors (Lipinski definition) is 6. The predicted molar refractivity (Wildman–Crippen MR) is 132 cm³/mol. The average Bonchev–Trinajstić information content (AvgIpc) is 3.36. The molecule has 0 radical (unpaired) electrons. The van der Waals surface area contributed by atoms with Crippen molar-refractivity contribution in [3.05, 3.63) is 41.0 Å². The molecule has 3 N–H and O–H groups in total. The number of rotatable bonds is 6. The third-order valence-electron chi connectivity index (χ3n) is 6.10. The number of nitrogens with zero attached hydrogens (tertiary/aromatic N) is 2. The number of aryl methyl sites for hydroxylation is 1. The standard InChI is InChI=1S/C25H34N4O4S/c1-14(17-7-9-18(10-8-17)21-15(2)26-13-34-21)27-23(32)20-11-19(31)12-29(20)24(33)22(25(4,5)6)28-16(3)30/h7-10,13-14,19-20,22,31H,11-12H2,1-6H3,(H,27,32)(H,28,30)/t14-,19+,20-,22?/m0/s1. The first-order chi connectivity index (χ1) is 15.9. The van der Waals surface area contributed by atoms with Gasteiger partial charge in [-0.3, -0.25) is 14.4 Å². The van der Waals surface area contributed by atoms with Crippen LogP contribution >= 0.6 is 11.3 Å². The van der Waals surface area contributed by atoms with Crippen molar-refractivity contribution in [3.63, 3.8) is 0 Å². The third kappa shape index (κ3) is 5.82. The summed E-state index contributed by atoms with van der Waals surface area (Å²) in [6, 6.07) is 6.07. The molecule has 1 fully saturated rings. The highest BCUT2D eigenvalue weighted by Crippen LogP contribution is 2.29. The number of thiazole rings is 1. The SMILES string of the molecule is CC(=O)NC(C(=O)N1C[C@H](O)C[C@H]1C(=O)N[C@@H](C)c1ccc(-c2scnc2C)cc1)C(C)(C)C. The summed E-state index contributed by atoms with van der Waals surface area (Å²) >= 11 is 1.59. The highest BCUT2D eigenvalue weighted by atomic mass is 32.1. The lowest BCUT2D eigenvalue weighted by molar-refractivity contribution is -0.144. The van der Waals surface area contributed by atoms with Crippen molar-refractivity contribution in [2.45, 2.75) is 72.2 Å². The Morgan fingerprint density at radius 3 is 2.35 bits per heavy atom. The van der Waals surface area contributed by atoms with Gasteiger partial charge in [-0.05, 0) is 30.4 Å². The molecule has 0 bridgehead atoms. The van der Waals surface area contributed by atoms with Crippen LogP contribution in [0.3, 0.4) is 0 Å². The number of nitrogens with one attached hydrogen (secondary N) is 2. The zero-order valence-corrected chi connectivity index (χ0v) is 21.4. The highest BCUT2D eigenvalue weighted by molar-refractivity contribution is 7.13. The lowest BCUT2D eigenvalue weighted by Crippen LogP contribution is -2.57. The Kier molecular flexibility index (Phi) is 7.77. The number of β-amino-alcohol motifs (C(OH)–C–C–N with tert-alkyl or cyclic N) is 1. The number of aliphatic hydroxyl groups excluding tert-OH is 1. The zero-order valence-electron chi connectivity index (χ0n) is 20.6. The van der Waals surface area contributed by atoms with Gasteiger partial charge >= 0.3 is 0 Å². The molecule has 1 aromatic heterocycles. The van der Waals surface area contributed by atoms with Crippen molar-refractivity contribution < 1.29 is 19.5 Å². The molecule has 0 spiro atoms. The van der Waals surface area contributed by atoms with E-state index in [9.17, 15) is 19.5 Å². The molecule has 3 rings (SSSR count). The van der Waals surface area contributed by atoms with Crippen LogP contribution in [0, 0.1) is 12.3 Å². The number of carbonyl (C=O) groups excluding carboxylic acids is 3. The van der Waals surface area contributed by atoms with Gasteiger partial charge in [0.1, 0.15) is 12.1 Å². The van der Waals surface area contributed by atoms with Crippen LogP contribution in [0.2, 0.25) is 0 Å². The summed E-state index contributed by atoms with van der Waals surface area (Å²) in [5, 5.41) is 16.0. The summed E-state index contributed by atoms with van der Waals surface area (Å²) in [5.41, 5.74) is 4.26. The van der Waals surface area contributed by atoms with E-state index in [1.807, 2.05) is 64.4 Å². The van der Waals surface area contributed by atoms with E-state index in [1.165, 1.54) is 11.8 Å². The van der Waals surface area contributed by atoms with Gasteiger partial charge in [0.2, 0.25) is 17.7 Å². The van der Waals surface area contributed by atoms with E-state index < -0.39 is 23.6 Å². The Labute approximate surface area is 204 Å². The molecule has 8 nitrogen and oxygen atoms in total. The van der Waals surface area contributed by atoms with Gasteiger partial charge < -0.3 is 20.6 Å². The van der Waals surface area contributed by atoms with Crippen molar-refractivity contribution >= 4 is 29.1 Å². The van der Waals surface area contributed by atoms with E-state index in [-0.39, 0.29) is 36.7 Å². The number of carbonyl (C=O) groups is 3. The monoisotopic (exact) mass is 486 g/mol. The summed E-state index contributed by atoms with van der Waals surface area (Å²) in [7, 11) is 0. The maximum Gasteiger partial charge on any atom is 0.246 e. The van der Waals surface area contributed by atoms with Gasteiger partial charge in [0.15, 0.2) is 0 Å². The highest BCUT2D eigenvalue weighted by Gasteiger charge is 2.44. The van der Waals surface area contributed by atoms with Crippen molar-refractivity contribution in [2.24, 2.45) is 5.41 Å². The number of hydrogen-bond donors (Lipinski definition) is 3. The Morgan fingerprint density at radius 2 is 1.82 bits per heavy atom. The van der Waals surface area contributed by atoms with Gasteiger partial charge in [0, 0.05) is 19.9 Å². The zero-order chi connectivity index (χ0) is 25.2. The van der Waals surface area contributed by atoms with E-state index in [4.69, 9.17) is 0 Å². The second kappa shape index (κ2) is 10.2. The Hall–Kier alpha value is -2.78. The molecule has 34 heavy (non-hydrogen) atoms. The van der Waals surface area contributed by atoms with Crippen LogP contribution in [-0.2, 0) is 14.4 Å². The fourth-order valence-corrected chi connectivity index (χ4v) is 5.03. The summed E-state index contributed by atoms with van der Waals surface area (Å²) in [6.07, 6.45) is -0.639. The molecular weight excluding hydrogens is 452 g/mol. The van der Waals surface area contributed by atoms with E-state index in [1.54, 1.807) is 11.3 Å². The van der Waals surface area contributed by atoms with E-state index >= 15 is 0 Å². The fourth-order valence-electron chi connectivity index (χ4n) is 4.22. The second-order valence-electron chi connectivity index (χ2n) is 10.0. The molecule has 9 heteroatoms. The summed E-state index contributed by atoms with van der Waals surface area (Å²) in [4.78, 5) is 45.0. The maximum atomic E-state index is 13.3. The Morgan fingerprint density at radius 1 is 1.18 bits per heavy atom. The molecular formula is C25H34N4O4S. The number of likely N-dealkylation sites (tertiary alicyclic amines) is 1. The molecule has 184 valence electrons. The molecule has 3 amide bonds. The normalized spacial score (nSPS) is 20.0. The van der Waals surface area contributed by atoms with Crippen LogP contribution in [0.4, 0.5) is 0 Å². The Balaban J connectivity index is 1.72. The van der Waals surface area contributed by atoms with E-state index in [0.717, 1.165) is 21.7 Å². The van der Waals surface area contributed by atoms with Crippen LogP contribution in [-0.4, -0.2) is 57.4 Å². The van der Waals surface area contributed by atoms with Crippen LogP contribution in [0.1, 0.15) is 58.3 Å². The molecule has 1 saturated heterocycles. The minimum atomic E-state index is -0.803. The lowest BCUT2D eigenvalue weighted by Gasteiger charge is -2.35. The predicted octanol–water partition coefficient (Wildman–Crippen LogP) is 2.81. The molecule has 1 aliphatic heterocycles. The van der Waals surface area contributed by atoms with Gasteiger partial charge in [0.05, 0.1) is 28.2 Å². The van der Waals surface area contributed by atoms with Gasteiger partial charge in [0.25, 0.3) is 0 Å². The minimum absolute atomic E-state index is 0.0559. The van der Waals surface area contributed by atoms with Crippen molar-refractivity contribution in [2.75, 3.05) is 6.54 Å². The first-order valence-corrected chi connectivity index (χ1v) is 12.3. The Bertz CT molecular complexity index is 1040. The van der Waals surface area contributed by atoms with Gasteiger partial charge in [-0.25, -0.2) is 4.98 Å².